The van der Waals surface area contributed by atoms with Crippen LogP contribution in [0.3, 0.4) is 0 Å². The van der Waals surface area contributed by atoms with Crippen molar-refractivity contribution in [3.8, 4) is 0 Å². The Morgan fingerprint density at radius 3 is 2.40 bits per heavy atom. The molecule has 0 aliphatic heterocycles. The second-order valence-electron chi connectivity index (χ2n) is 1.80. The molecule has 0 spiro atoms. The van der Waals surface area contributed by atoms with Crippen molar-refractivity contribution in [2.75, 3.05) is 0 Å². The molecule has 0 saturated heterocycles. The second-order valence-corrected chi connectivity index (χ2v) is 4.86. The average molecular weight is 287 g/mol. The van der Waals surface area contributed by atoms with E-state index >= 15 is 0 Å². The Hall–Kier alpha value is 0.550. The predicted molar refractivity (Wildman–Crippen MR) is 48.1 cm³/mol. The normalized spacial score (nSPS) is 13.6. The molecule has 1 aromatic heterocycles. The highest BCUT2D eigenvalue weighted by Gasteiger charge is 2.10. The van der Waals surface area contributed by atoms with E-state index in [0.717, 1.165) is 13.4 Å². The van der Waals surface area contributed by atoms with Crippen LogP contribution in [0.2, 0.25) is 0 Å². The van der Waals surface area contributed by atoms with Gasteiger partial charge in [0.1, 0.15) is 4.60 Å². The molecule has 56 valence electrons. The SMILES string of the molecule is CC(O)c1sc(Br)nc1Br. The maximum Gasteiger partial charge on any atom is 0.160 e. The van der Waals surface area contributed by atoms with Gasteiger partial charge in [0.2, 0.25) is 0 Å². The van der Waals surface area contributed by atoms with E-state index in [1.807, 2.05) is 0 Å². The van der Waals surface area contributed by atoms with Gasteiger partial charge in [-0.25, -0.2) is 4.98 Å². The molecule has 1 unspecified atom stereocenters. The fourth-order valence-corrected chi connectivity index (χ4v) is 2.97. The van der Waals surface area contributed by atoms with Crippen molar-refractivity contribution >= 4 is 43.2 Å². The van der Waals surface area contributed by atoms with Crippen LogP contribution in [0.4, 0.5) is 0 Å². The molecule has 1 heterocycles. The molecular formula is C5H5Br2NOS. The van der Waals surface area contributed by atoms with Crippen LogP contribution in [0.25, 0.3) is 0 Å². The van der Waals surface area contributed by atoms with Gasteiger partial charge in [0.05, 0.1) is 11.0 Å². The summed E-state index contributed by atoms with van der Waals surface area (Å²) >= 11 is 7.88. The van der Waals surface area contributed by atoms with E-state index < -0.39 is 6.10 Å². The predicted octanol–water partition coefficient (Wildman–Crippen LogP) is 2.72. The summed E-state index contributed by atoms with van der Waals surface area (Å²) in [4.78, 5) is 4.88. The molecule has 1 atom stereocenters. The van der Waals surface area contributed by atoms with E-state index in [1.165, 1.54) is 11.3 Å². The lowest BCUT2D eigenvalue weighted by Crippen LogP contribution is -1.86. The fourth-order valence-electron chi connectivity index (χ4n) is 0.546. The first kappa shape index (κ1) is 8.64. The van der Waals surface area contributed by atoms with Crippen molar-refractivity contribution in [1.29, 1.82) is 0 Å². The van der Waals surface area contributed by atoms with E-state index in [-0.39, 0.29) is 0 Å². The van der Waals surface area contributed by atoms with Crippen molar-refractivity contribution < 1.29 is 5.11 Å². The molecule has 0 bridgehead atoms. The number of thiazole rings is 1. The van der Waals surface area contributed by atoms with Gasteiger partial charge in [-0.3, -0.25) is 0 Å². The highest BCUT2D eigenvalue weighted by atomic mass is 79.9. The van der Waals surface area contributed by atoms with Crippen LogP contribution >= 0.6 is 43.2 Å². The maximum absolute atomic E-state index is 9.14. The Labute approximate surface area is 79.6 Å². The highest BCUT2D eigenvalue weighted by molar-refractivity contribution is 9.11. The lowest BCUT2D eigenvalue weighted by atomic mass is 10.4. The van der Waals surface area contributed by atoms with Crippen LogP contribution in [0.1, 0.15) is 17.9 Å². The molecule has 1 aromatic rings. The number of aliphatic hydroxyl groups excluding tert-OH is 1. The van der Waals surface area contributed by atoms with Crippen molar-refractivity contribution in [3.05, 3.63) is 13.4 Å². The molecular weight excluding hydrogens is 282 g/mol. The van der Waals surface area contributed by atoms with Crippen molar-refractivity contribution in [2.45, 2.75) is 13.0 Å². The van der Waals surface area contributed by atoms with Gasteiger partial charge in [0.15, 0.2) is 3.92 Å². The number of hydrogen-bond acceptors (Lipinski definition) is 3. The molecule has 10 heavy (non-hydrogen) atoms. The molecule has 0 fully saturated rings. The van der Waals surface area contributed by atoms with Gasteiger partial charge in [-0.1, -0.05) is 0 Å². The van der Waals surface area contributed by atoms with Gasteiger partial charge in [-0.2, -0.15) is 0 Å². The van der Waals surface area contributed by atoms with Crippen LogP contribution in [0.15, 0.2) is 8.52 Å². The summed E-state index contributed by atoms with van der Waals surface area (Å²) in [7, 11) is 0. The molecule has 0 aliphatic carbocycles. The van der Waals surface area contributed by atoms with E-state index in [9.17, 15) is 0 Å². The standard InChI is InChI=1S/C5H5Br2NOS/c1-2(9)3-4(6)8-5(7)10-3/h2,9H,1H3. The zero-order valence-corrected chi connectivity index (χ0v) is 9.12. The summed E-state index contributed by atoms with van der Waals surface area (Å²) in [5.41, 5.74) is 0. The van der Waals surface area contributed by atoms with Crippen LogP contribution in [0.5, 0.6) is 0 Å². The largest absolute Gasteiger partial charge is 0.388 e. The minimum absolute atomic E-state index is 0.446. The molecule has 2 nitrogen and oxygen atoms in total. The molecule has 0 amide bonds. The molecule has 5 heteroatoms. The van der Waals surface area contributed by atoms with E-state index in [2.05, 4.69) is 36.8 Å². The van der Waals surface area contributed by atoms with Gasteiger partial charge in [0.25, 0.3) is 0 Å². The monoisotopic (exact) mass is 285 g/mol. The first-order valence-electron chi connectivity index (χ1n) is 2.61. The molecule has 1 rings (SSSR count). The Morgan fingerprint density at radius 1 is 1.60 bits per heavy atom. The molecule has 0 aliphatic rings. The Balaban J connectivity index is 3.03. The van der Waals surface area contributed by atoms with Crippen LogP contribution in [-0.4, -0.2) is 10.1 Å². The van der Waals surface area contributed by atoms with Crippen molar-refractivity contribution in [2.24, 2.45) is 0 Å². The van der Waals surface area contributed by atoms with Gasteiger partial charge in [-0.15, -0.1) is 11.3 Å². The number of aromatic nitrogens is 1. The van der Waals surface area contributed by atoms with Crippen LogP contribution < -0.4 is 0 Å². The summed E-state index contributed by atoms with van der Waals surface area (Å²) in [6.07, 6.45) is -0.446. The Bertz CT molecular complexity index is 236. The van der Waals surface area contributed by atoms with Gasteiger partial charge >= 0.3 is 0 Å². The highest BCUT2D eigenvalue weighted by Crippen LogP contribution is 2.31. The number of nitrogens with zero attached hydrogens (tertiary/aromatic N) is 1. The number of halogens is 2. The van der Waals surface area contributed by atoms with Gasteiger partial charge in [0, 0.05) is 0 Å². The summed E-state index contributed by atoms with van der Waals surface area (Å²) in [6.45, 7) is 1.71. The number of aliphatic hydroxyl groups is 1. The maximum atomic E-state index is 9.14. The summed E-state index contributed by atoms with van der Waals surface area (Å²) in [5.74, 6) is 0. The third-order valence-corrected chi connectivity index (χ3v) is 3.51. The van der Waals surface area contributed by atoms with Gasteiger partial charge < -0.3 is 5.11 Å². The van der Waals surface area contributed by atoms with Gasteiger partial charge in [-0.05, 0) is 38.8 Å². The molecule has 0 radical (unpaired) electrons. The van der Waals surface area contributed by atoms with Crippen molar-refractivity contribution in [3.63, 3.8) is 0 Å². The minimum atomic E-state index is -0.446. The number of rotatable bonds is 1. The zero-order valence-electron chi connectivity index (χ0n) is 5.14. The third kappa shape index (κ3) is 1.78. The topological polar surface area (TPSA) is 33.1 Å². The second kappa shape index (κ2) is 3.30. The lowest BCUT2D eigenvalue weighted by molar-refractivity contribution is 0.202. The van der Waals surface area contributed by atoms with Crippen LogP contribution in [0, 0.1) is 0 Å². The average Bonchev–Trinajstić information content (AvgIpc) is 2.10. The number of hydrogen-bond donors (Lipinski definition) is 1. The third-order valence-electron chi connectivity index (χ3n) is 0.963. The first-order chi connectivity index (χ1) is 4.61. The lowest BCUT2D eigenvalue weighted by Gasteiger charge is -1.97. The van der Waals surface area contributed by atoms with E-state index in [1.54, 1.807) is 6.92 Å². The van der Waals surface area contributed by atoms with E-state index in [0.29, 0.717) is 0 Å². The molecule has 0 aromatic carbocycles. The van der Waals surface area contributed by atoms with Crippen molar-refractivity contribution in [1.82, 2.24) is 4.98 Å². The summed E-state index contributed by atoms with van der Waals surface area (Å²) in [6, 6.07) is 0. The molecule has 0 saturated carbocycles. The fraction of sp³-hybridized carbons (Fsp3) is 0.400. The smallest absolute Gasteiger partial charge is 0.160 e. The summed E-state index contributed by atoms with van der Waals surface area (Å²) in [5, 5.41) is 9.14. The van der Waals surface area contributed by atoms with E-state index in [4.69, 9.17) is 5.11 Å². The van der Waals surface area contributed by atoms with Crippen LogP contribution in [-0.2, 0) is 0 Å². The first-order valence-corrected chi connectivity index (χ1v) is 5.01. The molecule has 1 N–H and O–H groups in total. The Morgan fingerprint density at radius 2 is 2.20 bits per heavy atom. The Kier molecular flexibility index (Phi) is 2.85. The quantitative estimate of drug-likeness (QED) is 0.861. The zero-order chi connectivity index (χ0) is 7.72. The minimum Gasteiger partial charge on any atom is -0.388 e. The summed E-state index contributed by atoms with van der Waals surface area (Å²) < 4.78 is 1.51.